The number of thioether (sulfide) groups is 1. The molecule has 1 atom stereocenters. The van der Waals surface area contributed by atoms with Gasteiger partial charge in [-0.2, -0.15) is 11.8 Å². The fourth-order valence-corrected chi connectivity index (χ4v) is 3.84. The zero-order valence-electron chi connectivity index (χ0n) is 19.1. The molecule has 4 N–H and O–H groups in total. The summed E-state index contributed by atoms with van der Waals surface area (Å²) in [5.74, 6) is -0.516. The highest BCUT2D eigenvalue weighted by molar-refractivity contribution is 7.99. The normalized spacial score (nSPS) is 12.9. The van der Waals surface area contributed by atoms with Gasteiger partial charge < -0.3 is 16.2 Å². The number of rotatable bonds is 13. The van der Waals surface area contributed by atoms with Crippen LogP contribution in [0.15, 0.2) is 59.2 Å². The number of carboxylic acid groups (broad SMARTS) is 1. The largest absolute Gasteiger partial charge is 0.480 e. The first-order valence-electron chi connectivity index (χ1n) is 10.6. The lowest BCUT2D eigenvalue weighted by molar-refractivity contribution is -0.138. The van der Waals surface area contributed by atoms with E-state index in [1.165, 1.54) is 28.5 Å². The molecule has 0 radical (unpaired) electrons. The molecular weight excluding hydrogens is 408 g/mol. The molecule has 1 amide bonds. The first-order valence-corrected chi connectivity index (χ1v) is 11.8. The number of anilines is 1. The molecule has 1 rings (SSSR count). The Labute approximate surface area is 190 Å². The number of benzene rings is 1. The molecule has 0 aliphatic rings. The van der Waals surface area contributed by atoms with Gasteiger partial charge in [-0.25, -0.2) is 4.79 Å². The predicted octanol–water partition coefficient (Wildman–Crippen LogP) is 5.60. The third-order valence-electron chi connectivity index (χ3n) is 4.77. The Morgan fingerprint density at radius 3 is 2.26 bits per heavy atom. The summed E-state index contributed by atoms with van der Waals surface area (Å²) in [5.41, 5.74) is 10.5. The molecular formula is C25H36N2O3S. The molecule has 170 valence electrons. The first kappa shape index (κ1) is 26.6. The lowest BCUT2D eigenvalue weighted by Crippen LogP contribution is -2.42. The quantitative estimate of drug-likeness (QED) is 0.209. The average molecular weight is 445 g/mol. The minimum atomic E-state index is -1.05. The van der Waals surface area contributed by atoms with E-state index in [2.05, 4.69) is 51.2 Å². The highest BCUT2D eigenvalue weighted by atomic mass is 32.2. The van der Waals surface area contributed by atoms with E-state index in [1.807, 2.05) is 0 Å². The van der Waals surface area contributed by atoms with Gasteiger partial charge in [-0.1, -0.05) is 47.1 Å². The molecule has 0 aliphatic carbocycles. The monoisotopic (exact) mass is 444 g/mol. The van der Waals surface area contributed by atoms with E-state index in [1.54, 1.807) is 24.3 Å². The minimum absolute atomic E-state index is 0.290. The molecule has 0 aromatic heterocycles. The van der Waals surface area contributed by atoms with Crippen LogP contribution in [0.4, 0.5) is 5.69 Å². The van der Waals surface area contributed by atoms with Gasteiger partial charge in [0, 0.05) is 17.2 Å². The van der Waals surface area contributed by atoms with E-state index in [0.717, 1.165) is 25.7 Å². The Kier molecular flexibility index (Phi) is 12.4. The summed E-state index contributed by atoms with van der Waals surface area (Å²) >= 11 is 1.49. The van der Waals surface area contributed by atoms with Crippen molar-refractivity contribution in [3.05, 3.63) is 64.8 Å². The fraction of sp³-hybridized carbons (Fsp3) is 0.440. The maximum atomic E-state index is 12.3. The molecule has 31 heavy (non-hydrogen) atoms. The summed E-state index contributed by atoms with van der Waals surface area (Å²) in [6, 6.07) is 5.67. The maximum Gasteiger partial charge on any atom is 0.327 e. The Morgan fingerprint density at radius 2 is 1.65 bits per heavy atom. The first-order chi connectivity index (χ1) is 14.7. The van der Waals surface area contributed by atoms with Crippen molar-refractivity contribution in [1.82, 2.24) is 5.32 Å². The summed E-state index contributed by atoms with van der Waals surface area (Å²) in [4.78, 5) is 23.8. The van der Waals surface area contributed by atoms with Crippen molar-refractivity contribution >= 4 is 29.3 Å². The summed E-state index contributed by atoms with van der Waals surface area (Å²) in [5, 5.41) is 12.0. The topological polar surface area (TPSA) is 92.4 Å². The highest BCUT2D eigenvalue weighted by Gasteiger charge is 2.21. The average Bonchev–Trinajstić information content (AvgIpc) is 2.70. The molecule has 0 spiro atoms. The van der Waals surface area contributed by atoms with Crippen molar-refractivity contribution in [2.45, 2.75) is 59.4 Å². The van der Waals surface area contributed by atoms with Crippen molar-refractivity contribution in [3.8, 4) is 0 Å². The van der Waals surface area contributed by atoms with Crippen LogP contribution in [0.5, 0.6) is 0 Å². The lowest BCUT2D eigenvalue weighted by atomic mass is 10.1. The second-order valence-electron chi connectivity index (χ2n) is 7.95. The van der Waals surface area contributed by atoms with Crippen LogP contribution in [-0.4, -0.2) is 34.5 Å². The summed E-state index contributed by atoms with van der Waals surface area (Å²) < 4.78 is 0. The summed E-state index contributed by atoms with van der Waals surface area (Å²) in [6.07, 6.45) is 10.9. The summed E-state index contributed by atoms with van der Waals surface area (Å²) in [6.45, 7) is 8.52. The molecule has 0 saturated heterocycles. The third-order valence-corrected chi connectivity index (χ3v) is 5.74. The Hall–Kier alpha value is -2.47. The van der Waals surface area contributed by atoms with Gasteiger partial charge >= 0.3 is 5.97 Å². The Balaban J connectivity index is 2.41. The lowest BCUT2D eigenvalue weighted by Gasteiger charge is -2.14. The van der Waals surface area contributed by atoms with Crippen LogP contribution < -0.4 is 11.1 Å². The van der Waals surface area contributed by atoms with Crippen LogP contribution in [0.1, 0.15) is 63.7 Å². The number of nitrogen functional groups attached to an aromatic ring is 1. The number of para-hydroxylation sites is 1. The van der Waals surface area contributed by atoms with Gasteiger partial charge in [-0.15, -0.1) is 0 Å². The van der Waals surface area contributed by atoms with E-state index in [9.17, 15) is 14.7 Å². The van der Waals surface area contributed by atoms with Crippen molar-refractivity contribution in [2.75, 3.05) is 17.2 Å². The number of carbonyl (C=O) groups excluding carboxylic acids is 1. The summed E-state index contributed by atoms with van der Waals surface area (Å²) in [7, 11) is 0. The Bertz CT molecular complexity index is 824. The van der Waals surface area contributed by atoms with E-state index < -0.39 is 17.9 Å². The predicted molar refractivity (Wildman–Crippen MR) is 132 cm³/mol. The van der Waals surface area contributed by atoms with Gasteiger partial charge in [0.1, 0.15) is 6.04 Å². The number of hydrogen-bond donors (Lipinski definition) is 3. The van der Waals surface area contributed by atoms with Gasteiger partial charge in [-0.3, -0.25) is 4.79 Å². The Morgan fingerprint density at radius 1 is 1.03 bits per heavy atom. The number of nitrogens with two attached hydrogens (primary N) is 1. The van der Waals surface area contributed by atoms with E-state index in [4.69, 9.17) is 5.73 Å². The van der Waals surface area contributed by atoms with Gasteiger partial charge in [0.15, 0.2) is 0 Å². The van der Waals surface area contributed by atoms with E-state index in [-0.39, 0.29) is 0 Å². The van der Waals surface area contributed by atoms with Crippen molar-refractivity contribution in [2.24, 2.45) is 0 Å². The van der Waals surface area contributed by atoms with Crippen LogP contribution in [0, 0.1) is 0 Å². The number of nitrogens with one attached hydrogen (secondary N) is 1. The number of hydrogen-bond acceptors (Lipinski definition) is 4. The van der Waals surface area contributed by atoms with Crippen molar-refractivity contribution < 1.29 is 14.7 Å². The molecule has 0 aliphatic heterocycles. The maximum absolute atomic E-state index is 12.3. The number of carboxylic acids is 1. The second-order valence-corrected chi connectivity index (χ2v) is 9.02. The minimum Gasteiger partial charge on any atom is -0.480 e. The molecule has 0 fully saturated rings. The zero-order chi connectivity index (χ0) is 23.2. The number of aliphatic carboxylic acids is 1. The molecule has 0 saturated carbocycles. The molecule has 0 heterocycles. The van der Waals surface area contributed by atoms with Crippen LogP contribution >= 0.6 is 11.8 Å². The molecule has 6 heteroatoms. The number of carbonyl (C=O) groups is 2. The molecule has 0 bridgehead atoms. The van der Waals surface area contributed by atoms with Gasteiger partial charge in [0.25, 0.3) is 5.91 Å². The van der Waals surface area contributed by atoms with Crippen LogP contribution in [0.2, 0.25) is 0 Å². The SMILES string of the molecule is CC(C)=CCC/C(C)=C/CC/C(C)=C/CSCC(NC(=O)c1ccccc1N)C(=O)O. The van der Waals surface area contributed by atoms with E-state index >= 15 is 0 Å². The fourth-order valence-electron chi connectivity index (χ4n) is 2.84. The third kappa shape index (κ3) is 11.5. The van der Waals surface area contributed by atoms with Crippen LogP contribution in [0.25, 0.3) is 0 Å². The number of allylic oxidation sites excluding steroid dienone is 5. The molecule has 5 nitrogen and oxygen atoms in total. The standard InChI is InChI=1S/C25H36N2O3S/c1-18(2)9-7-10-19(3)11-8-12-20(4)15-16-31-17-23(25(29)30)27-24(28)21-13-5-6-14-22(21)26/h5-6,9,11,13-15,23H,7-8,10,12,16-17,26H2,1-4H3,(H,27,28)(H,29,30)/b19-11+,20-15+. The van der Waals surface area contributed by atoms with E-state index in [0.29, 0.717) is 22.8 Å². The smallest absolute Gasteiger partial charge is 0.327 e. The van der Waals surface area contributed by atoms with Gasteiger partial charge in [0.2, 0.25) is 0 Å². The second kappa shape index (κ2) is 14.5. The molecule has 1 unspecified atom stereocenters. The van der Waals surface area contributed by atoms with Gasteiger partial charge in [0.05, 0.1) is 5.56 Å². The zero-order valence-corrected chi connectivity index (χ0v) is 19.9. The molecule has 1 aromatic carbocycles. The van der Waals surface area contributed by atoms with Gasteiger partial charge in [-0.05, 0) is 65.5 Å². The molecule has 1 aromatic rings. The number of amides is 1. The van der Waals surface area contributed by atoms with Crippen molar-refractivity contribution in [1.29, 1.82) is 0 Å². The van der Waals surface area contributed by atoms with Crippen LogP contribution in [0.3, 0.4) is 0 Å². The van der Waals surface area contributed by atoms with Crippen molar-refractivity contribution in [3.63, 3.8) is 0 Å². The van der Waals surface area contributed by atoms with Crippen LogP contribution in [-0.2, 0) is 4.79 Å². The highest BCUT2D eigenvalue weighted by Crippen LogP contribution is 2.14.